The Bertz CT molecular complexity index is 752. The first-order valence-corrected chi connectivity index (χ1v) is 14.6. The molecule has 0 N–H and O–H groups in total. The molecule has 188 valence electrons. The summed E-state index contributed by atoms with van der Waals surface area (Å²) in [6.45, 7) is 5.38. The van der Waals surface area contributed by atoms with Crippen LogP contribution in [0.3, 0.4) is 0 Å². The fourth-order valence-corrected chi connectivity index (χ4v) is 5.58. The van der Waals surface area contributed by atoms with Crippen molar-refractivity contribution < 1.29 is 4.74 Å². The van der Waals surface area contributed by atoms with Crippen LogP contribution in [0.1, 0.15) is 128 Å². The maximum atomic E-state index is 5.90. The molecule has 2 aromatic rings. The molecule has 0 heterocycles. The molecule has 1 saturated carbocycles. The molecule has 1 aliphatic rings. The monoisotopic (exact) mass is 462 g/mol. The Hall–Kier alpha value is -1.76. The van der Waals surface area contributed by atoms with Crippen molar-refractivity contribution >= 4 is 0 Å². The highest BCUT2D eigenvalue weighted by Crippen LogP contribution is 2.38. The molecule has 1 aliphatic carbocycles. The van der Waals surface area contributed by atoms with E-state index in [-0.39, 0.29) is 0 Å². The Morgan fingerprint density at radius 1 is 0.588 bits per heavy atom. The van der Waals surface area contributed by atoms with Gasteiger partial charge in [-0.3, -0.25) is 0 Å². The van der Waals surface area contributed by atoms with Crippen LogP contribution in [-0.2, 0) is 0 Å². The predicted molar refractivity (Wildman–Crippen MR) is 149 cm³/mol. The van der Waals surface area contributed by atoms with E-state index in [1.807, 2.05) is 0 Å². The molecule has 0 saturated heterocycles. The highest BCUT2D eigenvalue weighted by Gasteiger charge is 2.22. The van der Waals surface area contributed by atoms with Crippen molar-refractivity contribution in [1.29, 1.82) is 0 Å². The van der Waals surface area contributed by atoms with Crippen LogP contribution in [0, 0.1) is 5.92 Å². The van der Waals surface area contributed by atoms with Gasteiger partial charge in [-0.2, -0.15) is 0 Å². The third-order valence-corrected chi connectivity index (χ3v) is 7.90. The molecule has 0 atom stereocenters. The van der Waals surface area contributed by atoms with Crippen molar-refractivity contribution in [3.05, 3.63) is 54.1 Å². The molecular weight excluding hydrogens is 412 g/mol. The molecule has 34 heavy (non-hydrogen) atoms. The summed E-state index contributed by atoms with van der Waals surface area (Å²) in [7, 11) is 0. The zero-order valence-corrected chi connectivity index (χ0v) is 22.2. The van der Waals surface area contributed by atoms with Gasteiger partial charge >= 0.3 is 0 Å². The molecule has 1 nitrogen and oxygen atoms in total. The van der Waals surface area contributed by atoms with E-state index in [1.165, 1.54) is 107 Å². The third kappa shape index (κ3) is 9.47. The standard InChI is InChI=1S/C33H50O/c1-3-5-7-9-10-11-12-14-28-15-17-29(18-16-28)30-19-21-31(22-20-30)32-23-25-33(26-24-32)34-27-13-8-6-4-2/h19-26,28-29H,3-18,27H2,1-2H3. The summed E-state index contributed by atoms with van der Waals surface area (Å²) < 4.78 is 5.90. The van der Waals surface area contributed by atoms with E-state index in [0.29, 0.717) is 0 Å². The largest absolute Gasteiger partial charge is 0.494 e. The summed E-state index contributed by atoms with van der Waals surface area (Å²) in [4.78, 5) is 0. The van der Waals surface area contributed by atoms with E-state index in [9.17, 15) is 0 Å². The van der Waals surface area contributed by atoms with Crippen LogP contribution >= 0.6 is 0 Å². The number of unbranched alkanes of at least 4 members (excludes halogenated alkanes) is 9. The van der Waals surface area contributed by atoms with Crippen molar-refractivity contribution in [1.82, 2.24) is 0 Å². The molecule has 1 fully saturated rings. The lowest BCUT2D eigenvalue weighted by molar-refractivity contribution is 0.302. The van der Waals surface area contributed by atoms with Gasteiger partial charge in [0.1, 0.15) is 5.75 Å². The molecule has 0 unspecified atom stereocenters. The fraction of sp³-hybridized carbons (Fsp3) is 0.636. The van der Waals surface area contributed by atoms with Gasteiger partial charge in [-0.15, -0.1) is 0 Å². The third-order valence-electron chi connectivity index (χ3n) is 7.90. The van der Waals surface area contributed by atoms with Crippen molar-refractivity contribution in [3.63, 3.8) is 0 Å². The van der Waals surface area contributed by atoms with Gasteiger partial charge in [-0.1, -0.05) is 121 Å². The van der Waals surface area contributed by atoms with Crippen molar-refractivity contribution in [2.45, 2.75) is 122 Å². The second kappa shape index (κ2) is 16.0. The summed E-state index contributed by atoms with van der Waals surface area (Å²) in [5, 5.41) is 0. The van der Waals surface area contributed by atoms with E-state index in [4.69, 9.17) is 4.74 Å². The molecular formula is C33H50O. The first-order chi connectivity index (χ1) is 16.8. The Kier molecular flexibility index (Phi) is 12.6. The molecule has 0 aromatic heterocycles. The molecule has 3 rings (SSSR count). The van der Waals surface area contributed by atoms with E-state index < -0.39 is 0 Å². The van der Waals surface area contributed by atoms with Gasteiger partial charge in [-0.25, -0.2) is 0 Å². The van der Waals surface area contributed by atoms with Crippen LogP contribution in [0.2, 0.25) is 0 Å². The van der Waals surface area contributed by atoms with E-state index in [1.54, 1.807) is 5.56 Å². The van der Waals surface area contributed by atoms with E-state index in [2.05, 4.69) is 62.4 Å². The lowest BCUT2D eigenvalue weighted by atomic mass is 9.77. The topological polar surface area (TPSA) is 9.23 Å². The SMILES string of the molecule is CCCCCCCCCC1CCC(c2ccc(-c3ccc(OCCCCCC)cc3)cc2)CC1. The normalized spacial score (nSPS) is 18.2. The van der Waals surface area contributed by atoms with Crippen LogP contribution < -0.4 is 4.74 Å². The summed E-state index contributed by atoms with van der Waals surface area (Å²) >= 11 is 0. The Morgan fingerprint density at radius 2 is 1.12 bits per heavy atom. The van der Waals surface area contributed by atoms with Crippen LogP contribution in [-0.4, -0.2) is 6.61 Å². The van der Waals surface area contributed by atoms with Crippen LogP contribution in [0.15, 0.2) is 48.5 Å². The zero-order valence-electron chi connectivity index (χ0n) is 22.2. The maximum absolute atomic E-state index is 5.90. The van der Waals surface area contributed by atoms with Gasteiger partial charge in [0.15, 0.2) is 0 Å². The molecule has 0 amide bonds. The van der Waals surface area contributed by atoms with Crippen molar-refractivity contribution in [2.24, 2.45) is 5.92 Å². The van der Waals surface area contributed by atoms with Crippen LogP contribution in [0.4, 0.5) is 0 Å². The minimum atomic E-state index is 0.767. The predicted octanol–water partition coefficient (Wildman–Crippen LogP) is 10.7. The van der Waals surface area contributed by atoms with Gasteiger partial charge in [0, 0.05) is 0 Å². The minimum Gasteiger partial charge on any atom is -0.494 e. The first kappa shape index (κ1) is 26.8. The lowest BCUT2D eigenvalue weighted by Crippen LogP contribution is -2.13. The minimum absolute atomic E-state index is 0.767. The van der Waals surface area contributed by atoms with Gasteiger partial charge in [0.2, 0.25) is 0 Å². The van der Waals surface area contributed by atoms with Crippen molar-refractivity contribution in [2.75, 3.05) is 6.61 Å². The molecule has 1 heteroatoms. The highest BCUT2D eigenvalue weighted by atomic mass is 16.5. The van der Waals surface area contributed by atoms with Crippen LogP contribution in [0.5, 0.6) is 5.75 Å². The molecule has 2 aromatic carbocycles. The number of hydrogen-bond donors (Lipinski definition) is 0. The first-order valence-electron chi connectivity index (χ1n) is 14.6. The van der Waals surface area contributed by atoms with Gasteiger partial charge in [0.05, 0.1) is 6.61 Å². The van der Waals surface area contributed by atoms with Gasteiger partial charge in [-0.05, 0) is 72.8 Å². The maximum Gasteiger partial charge on any atom is 0.119 e. The smallest absolute Gasteiger partial charge is 0.119 e. The average molecular weight is 463 g/mol. The van der Waals surface area contributed by atoms with E-state index >= 15 is 0 Å². The Labute approximate surface area is 210 Å². The fourth-order valence-electron chi connectivity index (χ4n) is 5.58. The lowest BCUT2D eigenvalue weighted by Gasteiger charge is -2.29. The summed E-state index contributed by atoms with van der Waals surface area (Å²) in [6.07, 6.45) is 22.1. The number of ether oxygens (including phenoxy) is 1. The molecule has 0 bridgehead atoms. The summed E-state index contributed by atoms with van der Waals surface area (Å²) in [6, 6.07) is 18.0. The zero-order chi connectivity index (χ0) is 23.8. The summed E-state index contributed by atoms with van der Waals surface area (Å²) in [5.41, 5.74) is 4.14. The second-order valence-corrected chi connectivity index (χ2v) is 10.7. The second-order valence-electron chi connectivity index (χ2n) is 10.7. The van der Waals surface area contributed by atoms with Gasteiger partial charge < -0.3 is 4.74 Å². The number of hydrogen-bond acceptors (Lipinski definition) is 1. The number of rotatable bonds is 16. The van der Waals surface area contributed by atoms with Crippen molar-refractivity contribution in [3.8, 4) is 16.9 Å². The number of benzene rings is 2. The quantitative estimate of drug-likeness (QED) is 0.225. The molecule has 0 spiro atoms. The Balaban J connectivity index is 1.36. The molecule has 0 radical (unpaired) electrons. The average Bonchev–Trinajstić information content (AvgIpc) is 2.89. The van der Waals surface area contributed by atoms with Gasteiger partial charge in [0.25, 0.3) is 0 Å². The molecule has 0 aliphatic heterocycles. The Morgan fingerprint density at radius 3 is 1.74 bits per heavy atom. The summed E-state index contributed by atoms with van der Waals surface area (Å²) in [5.74, 6) is 2.74. The van der Waals surface area contributed by atoms with Crippen LogP contribution in [0.25, 0.3) is 11.1 Å². The van der Waals surface area contributed by atoms with E-state index in [0.717, 1.165) is 30.6 Å². The highest BCUT2D eigenvalue weighted by molar-refractivity contribution is 5.64.